The Morgan fingerprint density at radius 2 is 2.10 bits per heavy atom. The van der Waals surface area contributed by atoms with E-state index in [1.807, 2.05) is 25.1 Å². The van der Waals surface area contributed by atoms with Gasteiger partial charge in [0.25, 0.3) is 5.91 Å². The van der Waals surface area contributed by atoms with Gasteiger partial charge in [-0.15, -0.1) is 0 Å². The van der Waals surface area contributed by atoms with Gasteiger partial charge >= 0.3 is 5.97 Å². The van der Waals surface area contributed by atoms with Gasteiger partial charge in [0, 0.05) is 17.1 Å². The molecule has 0 saturated carbocycles. The maximum Gasteiger partial charge on any atom is 0.337 e. The van der Waals surface area contributed by atoms with Gasteiger partial charge < -0.3 is 9.84 Å². The fraction of sp³-hybridized carbons (Fsp3) is 0.150. The predicted octanol–water partition coefficient (Wildman–Crippen LogP) is 5.43. The molecule has 1 fully saturated rings. The monoisotopic (exact) mass is 494 g/mol. The van der Waals surface area contributed by atoms with Gasteiger partial charge in [-0.25, -0.2) is 9.79 Å². The van der Waals surface area contributed by atoms with Crippen molar-refractivity contribution in [3.05, 3.63) is 61.9 Å². The first kappa shape index (κ1) is 21.4. The molecule has 0 spiro atoms. The Morgan fingerprint density at radius 3 is 2.79 bits per heavy atom. The molecule has 0 aliphatic carbocycles. The summed E-state index contributed by atoms with van der Waals surface area (Å²) >= 11 is 10.5. The van der Waals surface area contributed by atoms with Crippen molar-refractivity contribution in [2.45, 2.75) is 6.92 Å². The minimum Gasteiger partial charge on any atom is -0.493 e. The van der Waals surface area contributed by atoms with Crippen LogP contribution in [0.5, 0.6) is 5.75 Å². The third-order valence-corrected chi connectivity index (χ3v) is 5.85. The molecular weight excluding hydrogens is 480 g/mol. The maximum atomic E-state index is 12.7. The molecule has 1 aliphatic rings. The quantitative estimate of drug-likeness (QED) is 0.559. The van der Waals surface area contributed by atoms with Crippen LogP contribution in [0.15, 0.2) is 50.8 Å². The first-order valence-electron chi connectivity index (χ1n) is 8.51. The van der Waals surface area contributed by atoms with Gasteiger partial charge in [0.1, 0.15) is 5.75 Å². The van der Waals surface area contributed by atoms with Gasteiger partial charge in [-0.05, 0) is 61.2 Å². The Kier molecular flexibility index (Phi) is 6.66. The molecule has 3 rings (SSSR count). The average Bonchev–Trinajstić information content (AvgIpc) is 2.93. The highest BCUT2D eigenvalue weighted by Crippen LogP contribution is 2.36. The lowest BCUT2D eigenvalue weighted by Gasteiger charge is -2.08. The van der Waals surface area contributed by atoms with E-state index in [2.05, 4.69) is 20.9 Å². The van der Waals surface area contributed by atoms with E-state index in [1.54, 1.807) is 19.2 Å². The van der Waals surface area contributed by atoms with E-state index in [4.69, 9.17) is 16.3 Å². The second-order valence-electron chi connectivity index (χ2n) is 5.95. The molecule has 1 aliphatic heterocycles. The molecule has 0 radical (unpaired) electrons. The molecule has 1 amide bonds. The zero-order valence-corrected chi connectivity index (χ0v) is 18.6. The van der Waals surface area contributed by atoms with E-state index in [0.717, 1.165) is 10.0 Å². The minimum atomic E-state index is -1.14. The summed E-state index contributed by atoms with van der Waals surface area (Å²) in [7, 11) is 1.62. The lowest BCUT2D eigenvalue weighted by molar-refractivity contribution is -0.121. The van der Waals surface area contributed by atoms with Crippen LogP contribution in [-0.4, -0.2) is 40.7 Å². The molecule has 29 heavy (non-hydrogen) atoms. The second kappa shape index (κ2) is 9.02. The van der Waals surface area contributed by atoms with E-state index in [-0.39, 0.29) is 16.5 Å². The van der Waals surface area contributed by atoms with Crippen LogP contribution in [0.4, 0.5) is 5.69 Å². The van der Waals surface area contributed by atoms with Crippen molar-refractivity contribution in [3.8, 4) is 5.75 Å². The van der Waals surface area contributed by atoms with Gasteiger partial charge in [0.05, 0.1) is 27.8 Å². The second-order valence-corrected chi connectivity index (χ2v) is 8.29. The number of carboxylic acid groups (broad SMARTS) is 1. The van der Waals surface area contributed by atoms with Crippen LogP contribution >= 0.6 is 39.3 Å². The molecule has 1 heterocycles. The smallest absolute Gasteiger partial charge is 0.337 e. The largest absolute Gasteiger partial charge is 0.493 e. The van der Waals surface area contributed by atoms with Crippen molar-refractivity contribution in [2.24, 2.45) is 4.99 Å². The fourth-order valence-corrected chi connectivity index (χ4v) is 4.12. The number of amides is 1. The van der Waals surface area contributed by atoms with Gasteiger partial charge in [-0.3, -0.25) is 9.69 Å². The summed E-state index contributed by atoms with van der Waals surface area (Å²) in [6.45, 7) is 2.40. The first-order valence-corrected chi connectivity index (χ1v) is 10.5. The normalized spacial score (nSPS) is 16.7. The molecule has 1 saturated heterocycles. The number of aromatic carboxylic acids is 1. The number of hydrogen-bond donors (Lipinski definition) is 1. The Morgan fingerprint density at radius 1 is 1.34 bits per heavy atom. The molecule has 0 unspecified atom stereocenters. The molecular formula is C20H16BrClN2O4S. The number of amidine groups is 1. The van der Waals surface area contributed by atoms with Gasteiger partial charge in [0.2, 0.25) is 0 Å². The molecule has 0 atom stereocenters. The van der Waals surface area contributed by atoms with Crippen LogP contribution in [0.25, 0.3) is 6.08 Å². The number of carboxylic acids is 1. The number of rotatable bonds is 5. The molecule has 0 aromatic heterocycles. The molecule has 0 bridgehead atoms. The zero-order valence-electron chi connectivity index (χ0n) is 15.5. The number of halogens is 2. The highest BCUT2D eigenvalue weighted by atomic mass is 79.9. The van der Waals surface area contributed by atoms with Crippen LogP contribution in [0.2, 0.25) is 5.02 Å². The van der Waals surface area contributed by atoms with Crippen LogP contribution in [0.1, 0.15) is 22.8 Å². The van der Waals surface area contributed by atoms with Crippen molar-refractivity contribution in [2.75, 3.05) is 13.7 Å². The predicted molar refractivity (Wildman–Crippen MR) is 119 cm³/mol. The maximum absolute atomic E-state index is 12.7. The SMILES string of the molecule is CCOc1ccc(Br)cc1/C=C1/SC(=Nc2ccc(Cl)c(C(=O)O)c2)N(C)C1=O. The Bertz CT molecular complexity index is 1050. The third kappa shape index (κ3) is 4.83. The number of hydrogen-bond acceptors (Lipinski definition) is 5. The fourth-order valence-electron chi connectivity index (χ4n) is 2.57. The molecule has 2 aromatic rings. The third-order valence-electron chi connectivity index (χ3n) is 3.97. The summed E-state index contributed by atoms with van der Waals surface area (Å²) in [5, 5.41) is 9.78. The zero-order chi connectivity index (χ0) is 21.1. The minimum absolute atomic E-state index is 0.0447. The van der Waals surface area contributed by atoms with E-state index < -0.39 is 5.97 Å². The van der Waals surface area contributed by atoms with Crippen molar-refractivity contribution in [3.63, 3.8) is 0 Å². The van der Waals surface area contributed by atoms with E-state index in [9.17, 15) is 14.7 Å². The standard InChI is InChI=1S/C20H16BrClN2O4S/c1-3-28-16-7-4-12(21)8-11(16)9-17-18(25)24(2)20(29-17)23-13-5-6-15(22)14(10-13)19(26)27/h4-10H,3H2,1-2H3,(H,26,27)/b17-9+,23-20?. The van der Waals surface area contributed by atoms with Crippen molar-refractivity contribution >= 4 is 68.1 Å². The Hall–Kier alpha value is -2.29. The first-order chi connectivity index (χ1) is 13.8. The van der Waals surface area contributed by atoms with Crippen LogP contribution < -0.4 is 4.74 Å². The number of thioether (sulfide) groups is 1. The number of benzene rings is 2. The topological polar surface area (TPSA) is 79.2 Å². The summed E-state index contributed by atoms with van der Waals surface area (Å²) in [5.41, 5.74) is 1.12. The number of likely N-dealkylation sites (N-methyl/N-ethyl adjacent to an activating group) is 1. The van der Waals surface area contributed by atoms with Crippen LogP contribution in [-0.2, 0) is 4.79 Å². The van der Waals surface area contributed by atoms with Crippen molar-refractivity contribution in [1.29, 1.82) is 0 Å². The molecule has 150 valence electrons. The number of carbonyl (C=O) groups is 2. The highest BCUT2D eigenvalue weighted by Gasteiger charge is 2.30. The van der Waals surface area contributed by atoms with Gasteiger partial charge in [-0.2, -0.15) is 0 Å². The van der Waals surface area contributed by atoms with E-state index in [0.29, 0.717) is 28.1 Å². The summed E-state index contributed by atoms with van der Waals surface area (Å²) in [5.74, 6) is -0.670. The summed E-state index contributed by atoms with van der Waals surface area (Å²) in [6.07, 6.45) is 1.76. The average molecular weight is 496 g/mol. The molecule has 1 N–H and O–H groups in total. The summed E-state index contributed by atoms with van der Waals surface area (Å²) < 4.78 is 6.50. The van der Waals surface area contributed by atoms with E-state index >= 15 is 0 Å². The molecule has 6 nitrogen and oxygen atoms in total. The number of carbonyl (C=O) groups excluding carboxylic acids is 1. The van der Waals surface area contributed by atoms with Crippen molar-refractivity contribution in [1.82, 2.24) is 4.90 Å². The lowest BCUT2D eigenvalue weighted by Crippen LogP contribution is -2.23. The highest BCUT2D eigenvalue weighted by molar-refractivity contribution is 9.10. The summed E-state index contributed by atoms with van der Waals surface area (Å²) in [6, 6.07) is 10.0. The Labute approximate surface area is 185 Å². The molecule has 9 heteroatoms. The van der Waals surface area contributed by atoms with E-state index in [1.165, 1.54) is 28.8 Å². The van der Waals surface area contributed by atoms with Crippen LogP contribution in [0, 0.1) is 0 Å². The number of aliphatic imine (C=N–C) groups is 1. The molecule has 2 aromatic carbocycles. The van der Waals surface area contributed by atoms with Crippen molar-refractivity contribution < 1.29 is 19.4 Å². The number of ether oxygens (including phenoxy) is 1. The van der Waals surface area contributed by atoms with Crippen LogP contribution in [0.3, 0.4) is 0 Å². The number of nitrogens with zero attached hydrogens (tertiary/aromatic N) is 2. The van der Waals surface area contributed by atoms with Gasteiger partial charge in [0.15, 0.2) is 5.17 Å². The van der Waals surface area contributed by atoms with Gasteiger partial charge in [-0.1, -0.05) is 27.5 Å². The lowest BCUT2D eigenvalue weighted by atomic mass is 10.2. The Balaban J connectivity index is 1.95. The summed E-state index contributed by atoms with van der Waals surface area (Å²) in [4.78, 5) is 30.3.